The Bertz CT molecular complexity index is 1020. The maximum Gasteiger partial charge on any atom is 0.294 e. The largest absolute Gasteiger partial charge is 0.391 e. The van der Waals surface area contributed by atoms with Crippen LogP contribution in [-0.2, 0) is 7.05 Å². The van der Waals surface area contributed by atoms with Gasteiger partial charge in [-0.2, -0.15) is 0 Å². The first kappa shape index (κ1) is 18.2. The molecule has 136 valence electrons. The van der Waals surface area contributed by atoms with Gasteiger partial charge < -0.3 is 15.0 Å². The number of carbonyl (C=O) groups excluding carboxylic acids is 1. The Morgan fingerprint density at radius 1 is 1.35 bits per heavy atom. The van der Waals surface area contributed by atoms with Crippen molar-refractivity contribution in [3.8, 4) is 11.3 Å². The van der Waals surface area contributed by atoms with Gasteiger partial charge in [0.05, 0.1) is 11.8 Å². The number of nitrogens with one attached hydrogen (secondary N) is 1. The van der Waals surface area contributed by atoms with Crippen LogP contribution in [0.3, 0.4) is 0 Å². The highest BCUT2D eigenvalue weighted by atomic mass is 35.5. The molecule has 8 heteroatoms. The smallest absolute Gasteiger partial charge is 0.294 e. The zero-order chi connectivity index (χ0) is 18.8. The number of aliphatic hydroxyl groups is 1. The first-order chi connectivity index (χ1) is 12.4. The highest BCUT2D eigenvalue weighted by Crippen LogP contribution is 2.26. The molecule has 0 aliphatic rings. The van der Waals surface area contributed by atoms with Crippen molar-refractivity contribution >= 4 is 23.2 Å². The zero-order valence-electron chi connectivity index (χ0n) is 14.4. The Hall–Kier alpha value is -2.64. The molecule has 0 radical (unpaired) electrons. The van der Waals surface area contributed by atoms with E-state index in [0.29, 0.717) is 22.7 Å². The number of amides is 1. The molecule has 3 aromatic rings. The van der Waals surface area contributed by atoms with Crippen LogP contribution in [0.1, 0.15) is 23.8 Å². The van der Waals surface area contributed by atoms with Gasteiger partial charge in [0, 0.05) is 36.6 Å². The molecule has 26 heavy (non-hydrogen) atoms. The van der Waals surface area contributed by atoms with Crippen LogP contribution in [0.25, 0.3) is 16.9 Å². The number of nitrogens with zero attached hydrogens (tertiary/aromatic N) is 3. The van der Waals surface area contributed by atoms with E-state index in [1.54, 1.807) is 19.3 Å². The Kier molecular flexibility index (Phi) is 5.11. The van der Waals surface area contributed by atoms with Crippen molar-refractivity contribution in [2.24, 2.45) is 7.05 Å². The third-order valence-corrected chi connectivity index (χ3v) is 4.53. The van der Waals surface area contributed by atoms with E-state index in [0.717, 1.165) is 0 Å². The normalized spacial score (nSPS) is 12.3. The lowest BCUT2D eigenvalue weighted by Crippen LogP contribution is -2.31. The Morgan fingerprint density at radius 2 is 2.08 bits per heavy atom. The minimum Gasteiger partial charge on any atom is -0.391 e. The number of carbonyl (C=O) groups is 1. The fourth-order valence-corrected chi connectivity index (χ4v) is 2.83. The number of rotatable bonds is 5. The van der Waals surface area contributed by atoms with Crippen molar-refractivity contribution < 1.29 is 9.90 Å². The molecule has 0 aliphatic carbocycles. The lowest BCUT2D eigenvalue weighted by Gasteiger charge is -2.10. The summed E-state index contributed by atoms with van der Waals surface area (Å²) in [4.78, 5) is 29.0. The first-order valence-corrected chi connectivity index (χ1v) is 8.60. The molecule has 0 saturated carbocycles. The fourth-order valence-electron chi connectivity index (χ4n) is 2.60. The highest BCUT2D eigenvalue weighted by Gasteiger charge is 2.17. The number of hydrogen-bond acceptors (Lipinski definition) is 4. The standard InChI is InChI=1S/C18H19ClN4O3/c1-3-11(24)8-20-17(25)14-9-23-10-15(12-6-4-5-7-13(12)19)22(2)18(26)16(23)21-14/h4-7,9-11,24H,3,8H2,1-2H3,(H,20,25)/t11-/m0/s1. The lowest BCUT2D eigenvalue weighted by atomic mass is 10.1. The van der Waals surface area contributed by atoms with Crippen LogP contribution in [0.5, 0.6) is 0 Å². The van der Waals surface area contributed by atoms with Gasteiger partial charge in [-0.3, -0.25) is 14.0 Å². The molecule has 1 amide bonds. The average molecular weight is 375 g/mol. The number of benzene rings is 1. The van der Waals surface area contributed by atoms with Crippen LogP contribution in [0.15, 0.2) is 41.5 Å². The number of aromatic nitrogens is 3. The quantitative estimate of drug-likeness (QED) is 0.713. The van der Waals surface area contributed by atoms with Crippen LogP contribution >= 0.6 is 11.6 Å². The molecule has 2 N–H and O–H groups in total. The molecule has 3 rings (SSSR count). The van der Waals surface area contributed by atoms with Gasteiger partial charge in [-0.05, 0) is 12.5 Å². The molecule has 0 spiro atoms. The summed E-state index contributed by atoms with van der Waals surface area (Å²) in [5.41, 5.74) is 1.24. The van der Waals surface area contributed by atoms with Gasteiger partial charge in [-0.1, -0.05) is 36.7 Å². The van der Waals surface area contributed by atoms with Crippen LogP contribution < -0.4 is 10.9 Å². The first-order valence-electron chi connectivity index (χ1n) is 8.22. The van der Waals surface area contributed by atoms with Crippen molar-refractivity contribution in [3.05, 3.63) is 57.7 Å². The molecule has 0 fully saturated rings. The van der Waals surface area contributed by atoms with Crippen LogP contribution in [0.4, 0.5) is 0 Å². The van der Waals surface area contributed by atoms with Crippen LogP contribution in [0, 0.1) is 0 Å². The summed E-state index contributed by atoms with van der Waals surface area (Å²) < 4.78 is 2.97. The van der Waals surface area contributed by atoms with Gasteiger partial charge >= 0.3 is 0 Å². The maximum atomic E-state index is 12.6. The predicted octanol–water partition coefficient (Wildman–Crippen LogP) is 1.85. The second-order valence-electron chi connectivity index (χ2n) is 5.99. The van der Waals surface area contributed by atoms with Gasteiger partial charge in [0.1, 0.15) is 5.69 Å². The van der Waals surface area contributed by atoms with Crippen molar-refractivity contribution in [2.75, 3.05) is 6.54 Å². The van der Waals surface area contributed by atoms with E-state index in [-0.39, 0.29) is 23.4 Å². The molecule has 7 nitrogen and oxygen atoms in total. The topological polar surface area (TPSA) is 88.6 Å². The predicted molar refractivity (Wildman–Crippen MR) is 99.5 cm³/mol. The SMILES string of the molecule is CC[C@H](O)CNC(=O)c1cn2cc(-c3ccccc3Cl)n(C)c(=O)c2n1. The molecule has 0 saturated heterocycles. The minimum atomic E-state index is -0.615. The molecular formula is C18H19ClN4O3. The summed E-state index contributed by atoms with van der Waals surface area (Å²) in [6, 6.07) is 7.21. The molecule has 1 aromatic carbocycles. The Morgan fingerprint density at radius 3 is 2.77 bits per heavy atom. The lowest BCUT2D eigenvalue weighted by molar-refractivity contribution is 0.0909. The van der Waals surface area contributed by atoms with Gasteiger partial charge in [-0.15, -0.1) is 0 Å². The summed E-state index contributed by atoms with van der Waals surface area (Å²) >= 11 is 6.25. The van der Waals surface area contributed by atoms with E-state index in [1.165, 1.54) is 15.2 Å². The summed E-state index contributed by atoms with van der Waals surface area (Å²) in [6.45, 7) is 1.95. The van der Waals surface area contributed by atoms with Crippen molar-refractivity contribution in [1.82, 2.24) is 19.3 Å². The Labute approximate surface area is 154 Å². The number of halogens is 1. The molecule has 0 bridgehead atoms. The summed E-state index contributed by atoms with van der Waals surface area (Å²) in [7, 11) is 1.63. The number of imidazole rings is 1. The second kappa shape index (κ2) is 7.31. The third-order valence-electron chi connectivity index (χ3n) is 4.20. The van der Waals surface area contributed by atoms with Gasteiger partial charge in [-0.25, -0.2) is 4.98 Å². The molecule has 0 aliphatic heterocycles. The van der Waals surface area contributed by atoms with Crippen molar-refractivity contribution in [3.63, 3.8) is 0 Å². The van der Waals surface area contributed by atoms with Gasteiger partial charge in [0.25, 0.3) is 11.5 Å². The molecule has 2 heterocycles. The van der Waals surface area contributed by atoms with Gasteiger partial charge in [0.2, 0.25) is 5.65 Å². The fraction of sp³-hybridized carbons (Fsp3) is 0.278. The van der Waals surface area contributed by atoms with Crippen LogP contribution in [0.2, 0.25) is 5.02 Å². The number of aliphatic hydroxyl groups excluding tert-OH is 1. The van der Waals surface area contributed by atoms with E-state index < -0.39 is 12.0 Å². The van der Waals surface area contributed by atoms with E-state index in [1.807, 2.05) is 25.1 Å². The summed E-state index contributed by atoms with van der Waals surface area (Å²) in [5.74, 6) is -0.442. The van der Waals surface area contributed by atoms with E-state index in [4.69, 9.17) is 11.6 Å². The average Bonchev–Trinajstić information content (AvgIpc) is 3.07. The molecular weight excluding hydrogens is 356 g/mol. The summed E-state index contributed by atoms with van der Waals surface area (Å²) in [5, 5.41) is 12.7. The molecule has 1 atom stereocenters. The van der Waals surface area contributed by atoms with Crippen molar-refractivity contribution in [1.29, 1.82) is 0 Å². The maximum absolute atomic E-state index is 12.6. The molecule has 0 unspecified atom stereocenters. The third kappa shape index (κ3) is 3.36. The van der Waals surface area contributed by atoms with Crippen molar-refractivity contribution in [2.45, 2.75) is 19.4 Å². The van der Waals surface area contributed by atoms with E-state index in [9.17, 15) is 14.7 Å². The highest BCUT2D eigenvalue weighted by molar-refractivity contribution is 6.33. The minimum absolute atomic E-state index is 0.113. The van der Waals surface area contributed by atoms with E-state index in [2.05, 4.69) is 10.3 Å². The monoisotopic (exact) mass is 374 g/mol. The van der Waals surface area contributed by atoms with E-state index >= 15 is 0 Å². The Balaban J connectivity index is 2.03. The molecule has 2 aromatic heterocycles. The number of fused-ring (bicyclic) bond motifs is 1. The summed E-state index contributed by atoms with van der Waals surface area (Å²) in [6.07, 6.45) is 3.12. The second-order valence-corrected chi connectivity index (χ2v) is 6.39. The number of hydrogen-bond donors (Lipinski definition) is 2. The van der Waals surface area contributed by atoms with Gasteiger partial charge in [0.15, 0.2) is 0 Å². The zero-order valence-corrected chi connectivity index (χ0v) is 15.2. The van der Waals surface area contributed by atoms with Crippen LogP contribution in [-0.4, -0.2) is 37.6 Å².